The molecule has 3 nitrogen and oxygen atoms in total. The number of anilines is 1. The molecule has 0 spiro atoms. The van der Waals surface area contributed by atoms with E-state index >= 15 is 0 Å². The van der Waals surface area contributed by atoms with Gasteiger partial charge in [0.15, 0.2) is 5.78 Å². The first kappa shape index (κ1) is 11.5. The molecule has 1 aromatic rings. The van der Waals surface area contributed by atoms with E-state index < -0.39 is 0 Å². The minimum absolute atomic E-state index is 0.0508. The fourth-order valence-electron chi connectivity index (χ4n) is 1.89. The standard InChI is InChI=1S/C13H13FN2O/c14-10-4-1-2-5-12(10)16-11-6-3-7-13(17)9(11)8-15/h1-2,4-5,8,15-16H,3,6-7H2. The Bertz CT molecular complexity index is 494. The molecule has 1 aliphatic carbocycles. The molecule has 0 aliphatic heterocycles. The molecule has 0 atom stereocenters. The molecule has 0 bridgehead atoms. The van der Waals surface area contributed by atoms with Crippen molar-refractivity contribution >= 4 is 17.7 Å². The van der Waals surface area contributed by atoms with Gasteiger partial charge in [0.1, 0.15) is 5.82 Å². The predicted molar refractivity (Wildman–Crippen MR) is 64.7 cm³/mol. The minimum Gasteiger partial charge on any atom is -0.356 e. The number of para-hydroxylation sites is 1. The maximum atomic E-state index is 13.4. The molecule has 1 aromatic carbocycles. The van der Waals surface area contributed by atoms with Crippen LogP contribution in [0.15, 0.2) is 35.5 Å². The van der Waals surface area contributed by atoms with Crippen molar-refractivity contribution in [1.82, 2.24) is 0 Å². The highest BCUT2D eigenvalue weighted by Crippen LogP contribution is 2.24. The number of nitrogens with one attached hydrogen (secondary N) is 2. The zero-order valence-corrected chi connectivity index (χ0v) is 9.29. The van der Waals surface area contributed by atoms with Gasteiger partial charge in [-0.25, -0.2) is 4.39 Å². The Morgan fingerprint density at radius 1 is 1.29 bits per heavy atom. The van der Waals surface area contributed by atoms with Crippen molar-refractivity contribution in [2.45, 2.75) is 19.3 Å². The third-order valence-corrected chi connectivity index (χ3v) is 2.76. The number of carbonyl (C=O) groups excluding carboxylic acids is 1. The zero-order chi connectivity index (χ0) is 12.3. The number of allylic oxidation sites excluding steroid dienone is 2. The average molecular weight is 232 g/mol. The molecule has 0 amide bonds. The summed E-state index contributed by atoms with van der Waals surface area (Å²) < 4.78 is 13.4. The van der Waals surface area contributed by atoms with E-state index in [4.69, 9.17) is 5.41 Å². The van der Waals surface area contributed by atoms with E-state index in [0.29, 0.717) is 29.8 Å². The summed E-state index contributed by atoms with van der Waals surface area (Å²) in [5.74, 6) is -0.410. The van der Waals surface area contributed by atoms with Crippen LogP contribution in [-0.4, -0.2) is 12.0 Å². The Morgan fingerprint density at radius 3 is 2.76 bits per heavy atom. The van der Waals surface area contributed by atoms with Crippen molar-refractivity contribution in [2.24, 2.45) is 0 Å². The number of Topliss-reactive ketones (excluding diaryl/α,β-unsaturated/α-hetero) is 1. The van der Waals surface area contributed by atoms with Gasteiger partial charge < -0.3 is 10.7 Å². The molecule has 4 heteroatoms. The van der Waals surface area contributed by atoms with Gasteiger partial charge in [-0.05, 0) is 25.0 Å². The van der Waals surface area contributed by atoms with Crippen LogP contribution in [0.5, 0.6) is 0 Å². The summed E-state index contributed by atoms with van der Waals surface area (Å²) in [5.41, 5.74) is 1.34. The molecule has 0 fully saturated rings. The van der Waals surface area contributed by atoms with E-state index in [1.54, 1.807) is 18.2 Å². The van der Waals surface area contributed by atoms with Gasteiger partial charge in [0.2, 0.25) is 0 Å². The van der Waals surface area contributed by atoms with Crippen molar-refractivity contribution in [3.63, 3.8) is 0 Å². The molecule has 1 aliphatic rings. The number of ketones is 1. The first-order chi connectivity index (χ1) is 8.22. The SMILES string of the molecule is N=CC1=C(Nc2ccccc2F)CCCC1=O. The second kappa shape index (κ2) is 4.91. The number of rotatable bonds is 3. The fourth-order valence-corrected chi connectivity index (χ4v) is 1.89. The summed E-state index contributed by atoms with van der Waals surface area (Å²) in [6.07, 6.45) is 2.93. The molecule has 0 aromatic heterocycles. The summed E-state index contributed by atoms with van der Waals surface area (Å²) in [5, 5.41) is 10.2. The fraction of sp³-hybridized carbons (Fsp3) is 0.231. The van der Waals surface area contributed by atoms with Crippen LogP contribution in [0.4, 0.5) is 10.1 Å². The second-order valence-electron chi connectivity index (χ2n) is 3.92. The first-order valence-corrected chi connectivity index (χ1v) is 5.50. The lowest BCUT2D eigenvalue weighted by Gasteiger charge is -2.18. The molecule has 0 unspecified atom stereocenters. The predicted octanol–water partition coefficient (Wildman–Crippen LogP) is 2.89. The summed E-state index contributed by atoms with van der Waals surface area (Å²) in [6, 6.07) is 6.31. The highest BCUT2D eigenvalue weighted by atomic mass is 19.1. The van der Waals surface area contributed by atoms with E-state index in [0.717, 1.165) is 12.6 Å². The largest absolute Gasteiger partial charge is 0.356 e. The summed E-state index contributed by atoms with van der Waals surface area (Å²) in [4.78, 5) is 11.6. The van der Waals surface area contributed by atoms with Gasteiger partial charge in [-0.15, -0.1) is 0 Å². The van der Waals surface area contributed by atoms with Crippen LogP contribution in [0.3, 0.4) is 0 Å². The van der Waals surface area contributed by atoms with Crippen LogP contribution >= 0.6 is 0 Å². The van der Waals surface area contributed by atoms with Crippen molar-refractivity contribution in [2.75, 3.05) is 5.32 Å². The van der Waals surface area contributed by atoms with Gasteiger partial charge in [0.25, 0.3) is 0 Å². The molecular weight excluding hydrogens is 219 g/mol. The maximum absolute atomic E-state index is 13.4. The molecule has 0 saturated heterocycles. The molecule has 2 N–H and O–H groups in total. The molecule has 0 radical (unpaired) electrons. The van der Waals surface area contributed by atoms with Crippen LogP contribution in [0.1, 0.15) is 19.3 Å². The lowest BCUT2D eigenvalue weighted by molar-refractivity contribution is -0.115. The highest BCUT2D eigenvalue weighted by Gasteiger charge is 2.19. The van der Waals surface area contributed by atoms with E-state index in [2.05, 4.69) is 5.32 Å². The van der Waals surface area contributed by atoms with Gasteiger partial charge in [-0.3, -0.25) is 4.79 Å². The quantitative estimate of drug-likeness (QED) is 0.787. The van der Waals surface area contributed by atoms with Crippen molar-refractivity contribution in [3.05, 3.63) is 41.4 Å². The minimum atomic E-state index is -0.359. The van der Waals surface area contributed by atoms with Crippen LogP contribution in [0, 0.1) is 11.2 Å². The van der Waals surface area contributed by atoms with Gasteiger partial charge in [-0.2, -0.15) is 0 Å². The van der Waals surface area contributed by atoms with Gasteiger partial charge in [0.05, 0.1) is 11.3 Å². The topological polar surface area (TPSA) is 53.0 Å². The highest BCUT2D eigenvalue weighted by molar-refractivity contribution is 6.14. The molecule has 0 heterocycles. The van der Waals surface area contributed by atoms with Crippen molar-refractivity contribution in [1.29, 1.82) is 5.41 Å². The number of hydrogen-bond donors (Lipinski definition) is 2. The van der Waals surface area contributed by atoms with E-state index in [-0.39, 0.29) is 11.6 Å². The van der Waals surface area contributed by atoms with E-state index in [9.17, 15) is 9.18 Å². The summed E-state index contributed by atoms with van der Waals surface area (Å²) in [7, 11) is 0. The van der Waals surface area contributed by atoms with Gasteiger partial charge in [-0.1, -0.05) is 12.1 Å². The Balaban J connectivity index is 2.31. The van der Waals surface area contributed by atoms with Crippen molar-refractivity contribution in [3.8, 4) is 0 Å². The second-order valence-corrected chi connectivity index (χ2v) is 3.92. The number of hydrogen-bond acceptors (Lipinski definition) is 3. The molecule has 2 rings (SSSR count). The van der Waals surface area contributed by atoms with E-state index in [1.165, 1.54) is 6.07 Å². The number of halogens is 1. The molecule has 88 valence electrons. The molecular formula is C13H13FN2O. The first-order valence-electron chi connectivity index (χ1n) is 5.50. The Hall–Kier alpha value is -1.97. The summed E-state index contributed by atoms with van der Waals surface area (Å²) in [6.45, 7) is 0. The molecule has 17 heavy (non-hydrogen) atoms. The van der Waals surface area contributed by atoms with Crippen LogP contribution in [-0.2, 0) is 4.79 Å². The Labute approximate surface area is 98.9 Å². The van der Waals surface area contributed by atoms with Crippen molar-refractivity contribution < 1.29 is 9.18 Å². The van der Waals surface area contributed by atoms with Crippen LogP contribution in [0.25, 0.3) is 0 Å². The monoisotopic (exact) mass is 232 g/mol. The van der Waals surface area contributed by atoms with Crippen LogP contribution in [0.2, 0.25) is 0 Å². The van der Waals surface area contributed by atoms with Gasteiger partial charge in [0, 0.05) is 18.3 Å². The third kappa shape index (κ3) is 2.41. The smallest absolute Gasteiger partial charge is 0.166 e. The van der Waals surface area contributed by atoms with E-state index in [1.807, 2.05) is 0 Å². The zero-order valence-electron chi connectivity index (χ0n) is 9.29. The number of carbonyl (C=O) groups is 1. The normalized spacial score (nSPS) is 15.9. The lowest BCUT2D eigenvalue weighted by atomic mass is 9.95. The number of benzene rings is 1. The Morgan fingerprint density at radius 2 is 2.06 bits per heavy atom. The Kier molecular flexibility index (Phi) is 3.32. The lowest BCUT2D eigenvalue weighted by Crippen LogP contribution is -2.17. The van der Waals surface area contributed by atoms with Crippen LogP contribution < -0.4 is 5.32 Å². The maximum Gasteiger partial charge on any atom is 0.166 e. The third-order valence-electron chi connectivity index (χ3n) is 2.76. The summed E-state index contributed by atoms with van der Waals surface area (Å²) >= 11 is 0. The average Bonchev–Trinajstić information content (AvgIpc) is 2.32. The molecule has 0 saturated carbocycles. The van der Waals surface area contributed by atoms with Gasteiger partial charge >= 0.3 is 0 Å².